The van der Waals surface area contributed by atoms with Crippen LogP contribution in [-0.4, -0.2) is 35.8 Å². The van der Waals surface area contributed by atoms with E-state index in [1.807, 2.05) is 27.8 Å². The Bertz CT molecular complexity index is 823. The lowest BCUT2D eigenvalue weighted by Gasteiger charge is -2.20. The molecule has 2 heterocycles. The molecule has 1 aliphatic carbocycles. The number of amides is 1. The molecule has 0 aliphatic heterocycles. The minimum atomic E-state index is -0.350. The molecule has 0 saturated heterocycles. The lowest BCUT2D eigenvalue weighted by molar-refractivity contribution is -0.115. The number of anilines is 1. The molecule has 2 aromatic heterocycles. The van der Waals surface area contributed by atoms with E-state index in [2.05, 4.69) is 20.6 Å². The van der Waals surface area contributed by atoms with Crippen molar-refractivity contribution in [2.24, 2.45) is 13.0 Å². The van der Waals surface area contributed by atoms with E-state index in [0.29, 0.717) is 5.16 Å². The highest BCUT2D eigenvalue weighted by Gasteiger charge is 2.22. The first-order chi connectivity index (χ1) is 13.4. The van der Waals surface area contributed by atoms with Crippen molar-refractivity contribution in [3.63, 3.8) is 0 Å². The topological polar surface area (TPSA) is 104 Å². The first kappa shape index (κ1) is 20.7. The van der Waals surface area contributed by atoms with Gasteiger partial charge in [-0.1, -0.05) is 43.9 Å². The average Bonchev–Trinajstić information content (AvgIpc) is 3.14. The van der Waals surface area contributed by atoms with Crippen LogP contribution in [0, 0.1) is 19.8 Å². The molecule has 1 fully saturated rings. The van der Waals surface area contributed by atoms with Gasteiger partial charge in [-0.15, -0.1) is 10.2 Å². The Labute approximate surface area is 170 Å². The molecule has 1 amide bonds. The number of nitrogen functional groups attached to an aromatic ring is 1. The zero-order chi connectivity index (χ0) is 20.3. The number of hydrogen-bond donors (Lipinski definition) is 2. The summed E-state index contributed by atoms with van der Waals surface area (Å²) in [6.07, 6.45) is 8.60. The quantitative estimate of drug-likeness (QED) is 0.542. The van der Waals surface area contributed by atoms with E-state index in [0.717, 1.165) is 41.7 Å². The highest BCUT2D eigenvalue weighted by Crippen LogP contribution is 2.28. The zero-order valence-corrected chi connectivity index (χ0v) is 18.1. The van der Waals surface area contributed by atoms with Crippen molar-refractivity contribution < 1.29 is 4.79 Å². The summed E-state index contributed by atoms with van der Waals surface area (Å²) < 4.78 is 3.30. The van der Waals surface area contributed by atoms with Crippen molar-refractivity contribution in [3.8, 4) is 0 Å². The van der Waals surface area contributed by atoms with Gasteiger partial charge in [-0.25, -0.2) is 4.68 Å². The number of aryl methyl sites for hydroxylation is 3. The van der Waals surface area contributed by atoms with Crippen molar-refractivity contribution >= 4 is 23.4 Å². The zero-order valence-electron chi connectivity index (χ0n) is 17.2. The van der Waals surface area contributed by atoms with Crippen LogP contribution < -0.4 is 11.2 Å². The number of aromatic nitrogens is 5. The number of carbonyl (C=O) groups is 1. The van der Waals surface area contributed by atoms with E-state index in [9.17, 15) is 4.79 Å². The van der Waals surface area contributed by atoms with Crippen LogP contribution in [0.3, 0.4) is 0 Å². The summed E-state index contributed by atoms with van der Waals surface area (Å²) in [6, 6.07) is 0. The number of nitrogens with zero attached hydrogens (tertiary/aromatic N) is 5. The third kappa shape index (κ3) is 4.68. The molecule has 3 N–H and O–H groups in total. The van der Waals surface area contributed by atoms with Gasteiger partial charge in [0, 0.05) is 13.5 Å². The molecule has 0 unspecified atom stereocenters. The summed E-state index contributed by atoms with van der Waals surface area (Å²) in [5.41, 5.74) is 2.50. The second-order valence-corrected chi connectivity index (χ2v) is 9.04. The maximum Gasteiger partial charge on any atom is 0.237 e. The molecule has 0 bridgehead atoms. The SMILES string of the molecule is Cc1nn(C)c(C)c1NC(=O)[C@H](C)Sc1nnc(CCC2CCCCC2)n1N. The number of hydrogen-bond acceptors (Lipinski definition) is 6. The molecule has 28 heavy (non-hydrogen) atoms. The molecule has 0 spiro atoms. The summed E-state index contributed by atoms with van der Waals surface area (Å²) in [5, 5.41) is 16.0. The smallest absolute Gasteiger partial charge is 0.237 e. The Morgan fingerprint density at radius 2 is 2.00 bits per heavy atom. The summed E-state index contributed by atoms with van der Waals surface area (Å²) in [7, 11) is 1.86. The van der Waals surface area contributed by atoms with Crippen LogP contribution in [0.15, 0.2) is 5.16 Å². The molecule has 0 aromatic carbocycles. The Hall–Kier alpha value is -2.03. The average molecular weight is 406 g/mol. The summed E-state index contributed by atoms with van der Waals surface area (Å²) in [4.78, 5) is 12.6. The Balaban J connectivity index is 1.57. The van der Waals surface area contributed by atoms with Crippen molar-refractivity contribution in [2.75, 3.05) is 11.2 Å². The second kappa shape index (κ2) is 8.98. The molecular weight excluding hydrogens is 374 g/mol. The van der Waals surface area contributed by atoms with Gasteiger partial charge in [0.05, 0.1) is 22.3 Å². The number of thioether (sulfide) groups is 1. The van der Waals surface area contributed by atoms with E-state index in [1.54, 1.807) is 4.68 Å². The molecule has 0 radical (unpaired) electrons. The molecule has 1 saturated carbocycles. The Morgan fingerprint density at radius 3 is 2.64 bits per heavy atom. The maximum atomic E-state index is 12.6. The van der Waals surface area contributed by atoms with Crippen LogP contribution in [0.5, 0.6) is 0 Å². The monoisotopic (exact) mass is 405 g/mol. The van der Waals surface area contributed by atoms with Crippen molar-refractivity contribution in [1.82, 2.24) is 24.7 Å². The van der Waals surface area contributed by atoms with Crippen LogP contribution in [0.1, 0.15) is 62.7 Å². The highest BCUT2D eigenvalue weighted by atomic mass is 32.2. The van der Waals surface area contributed by atoms with Gasteiger partial charge in [0.1, 0.15) is 0 Å². The predicted molar refractivity (Wildman–Crippen MR) is 112 cm³/mol. The van der Waals surface area contributed by atoms with Gasteiger partial charge >= 0.3 is 0 Å². The summed E-state index contributed by atoms with van der Waals surface area (Å²) in [6.45, 7) is 5.66. The first-order valence-electron chi connectivity index (χ1n) is 10.0. The Morgan fingerprint density at radius 1 is 1.29 bits per heavy atom. The van der Waals surface area contributed by atoms with Crippen LogP contribution in [0.2, 0.25) is 0 Å². The van der Waals surface area contributed by atoms with E-state index < -0.39 is 0 Å². The predicted octanol–water partition coefficient (Wildman–Crippen LogP) is 2.97. The van der Waals surface area contributed by atoms with Crippen molar-refractivity contribution in [2.45, 2.75) is 76.1 Å². The molecule has 9 heteroatoms. The van der Waals surface area contributed by atoms with Crippen molar-refractivity contribution in [3.05, 3.63) is 17.2 Å². The Kier molecular flexibility index (Phi) is 6.64. The number of nitrogens with two attached hydrogens (primary N) is 1. The normalized spacial score (nSPS) is 16.3. The summed E-state index contributed by atoms with van der Waals surface area (Å²) in [5.74, 6) is 7.66. The lowest BCUT2D eigenvalue weighted by Crippen LogP contribution is -2.24. The van der Waals surface area contributed by atoms with Gasteiger partial charge in [-0.3, -0.25) is 9.48 Å². The summed E-state index contributed by atoms with van der Waals surface area (Å²) >= 11 is 1.32. The van der Waals surface area contributed by atoms with Crippen LogP contribution in [-0.2, 0) is 18.3 Å². The van der Waals surface area contributed by atoms with Gasteiger partial charge in [-0.2, -0.15) is 5.10 Å². The van der Waals surface area contributed by atoms with Gasteiger partial charge in [0.15, 0.2) is 5.82 Å². The van der Waals surface area contributed by atoms with E-state index in [4.69, 9.17) is 5.84 Å². The molecule has 154 valence electrons. The fourth-order valence-electron chi connectivity index (χ4n) is 3.76. The van der Waals surface area contributed by atoms with Crippen LogP contribution in [0.25, 0.3) is 0 Å². The van der Waals surface area contributed by atoms with Crippen LogP contribution >= 0.6 is 11.8 Å². The molecule has 3 rings (SSSR count). The van der Waals surface area contributed by atoms with Gasteiger partial charge in [0.25, 0.3) is 0 Å². The fourth-order valence-corrected chi connectivity index (χ4v) is 4.55. The molecule has 1 aliphatic rings. The first-order valence-corrected chi connectivity index (χ1v) is 10.9. The van der Waals surface area contributed by atoms with Crippen molar-refractivity contribution in [1.29, 1.82) is 0 Å². The fraction of sp³-hybridized carbons (Fsp3) is 0.684. The van der Waals surface area contributed by atoms with E-state index >= 15 is 0 Å². The molecule has 2 aromatic rings. The van der Waals surface area contributed by atoms with Crippen LogP contribution in [0.4, 0.5) is 5.69 Å². The standard InChI is InChI=1S/C19H31N7OS/c1-12-17(13(2)25(4)24-12)21-18(27)14(3)28-19-23-22-16(26(19)20)11-10-15-8-6-5-7-9-15/h14-15H,5-11,20H2,1-4H3,(H,21,27)/t14-/m0/s1. The largest absolute Gasteiger partial charge is 0.336 e. The minimum absolute atomic E-state index is 0.101. The highest BCUT2D eigenvalue weighted by molar-refractivity contribution is 8.00. The molecular formula is C19H31N7OS. The lowest BCUT2D eigenvalue weighted by atomic mass is 9.86. The third-order valence-electron chi connectivity index (χ3n) is 5.64. The van der Waals surface area contributed by atoms with E-state index in [-0.39, 0.29) is 11.2 Å². The molecule has 8 nitrogen and oxygen atoms in total. The number of nitrogens with one attached hydrogen (secondary N) is 1. The van der Waals surface area contributed by atoms with Gasteiger partial charge in [-0.05, 0) is 33.1 Å². The van der Waals surface area contributed by atoms with Gasteiger partial charge < -0.3 is 11.2 Å². The van der Waals surface area contributed by atoms with E-state index in [1.165, 1.54) is 48.5 Å². The molecule has 1 atom stereocenters. The third-order valence-corrected chi connectivity index (χ3v) is 6.70. The number of carbonyl (C=O) groups excluding carboxylic acids is 1. The second-order valence-electron chi connectivity index (χ2n) is 7.73. The van der Waals surface area contributed by atoms with Gasteiger partial charge in [0.2, 0.25) is 11.1 Å². The number of rotatable bonds is 7. The maximum absolute atomic E-state index is 12.6. The minimum Gasteiger partial charge on any atom is -0.336 e.